The van der Waals surface area contributed by atoms with Crippen LogP contribution in [0.2, 0.25) is 5.02 Å². The molecular formula is C11H12BrClN2O2S2. The predicted molar refractivity (Wildman–Crippen MR) is 85.8 cm³/mol. The monoisotopic (exact) mass is 382 g/mol. The highest BCUT2D eigenvalue weighted by molar-refractivity contribution is 8.93. The van der Waals surface area contributed by atoms with Gasteiger partial charge in [-0.15, -0.1) is 17.0 Å². The summed E-state index contributed by atoms with van der Waals surface area (Å²) in [4.78, 5) is 1.78. The van der Waals surface area contributed by atoms with Gasteiger partial charge in [0.15, 0.2) is 15.0 Å². The smallest absolute Gasteiger partial charge is 0.161 e. The van der Waals surface area contributed by atoms with E-state index in [9.17, 15) is 8.42 Å². The zero-order chi connectivity index (χ0) is 12.9. The van der Waals surface area contributed by atoms with Crippen molar-refractivity contribution in [3.8, 4) is 0 Å². The Bertz CT molecular complexity index is 623. The van der Waals surface area contributed by atoms with Gasteiger partial charge in [0, 0.05) is 16.0 Å². The van der Waals surface area contributed by atoms with Crippen molar-refractivity contribution in [2.75, 3.05) is 16.4 Å². The number of anilines is 1. The molecule has 1 aromatic carbocycles. The van der Waals surface area contributed by atoms with Crippen LogP contribution in [0.15, 0.2) is 24.3 Å². The van der Waals surface area contributed by atoms with E-state index in [1.165, 1.54) is 11.8 Å². The van der Waals surface area contributed by atoms with Gasteiger partial charge in [0.05, 0.1) is 17.5 Å². The van der Waals surface area contributed by atoms with Crippen LogP contribution in [0.5, 0.6) is 0 Å². The van der Waals surface area contributed by atoms with Gasteiger partial charge in [0.2, 0.25) is 0 Å². The van der Waals surface area contributed by atoms with E-state index in [0.717, 1.165) is 5.69 Å². The molecule has 8 heteroatoms. The van der Waals surface area contributed by atoms with Gasteiger partial charge < -0.3 is 4.90 Å². The first-order chi connectivity index (χ1) is 8.46. The third kappa shape index (κ3) is 2.79. The fourth-order valence-electron chi connectivity index (χ4n) is 2.44. The van der Waals surface area contributed by atoms with Gasteiger partial charge >= 0.3 is 0 Å². The molecule has 2 aliphatic rings. The Labute approximate surface area is 131 Å². The van der Waals surface area contributed by atoms with E-state index in [0.29, 0.717) is 10.2 Å². The molecule has 3 rings (SSSR count). The first kappa shape index (κ1) is 15.2. The fraction of sp³-hybridized carbons (Fsp3) is 0.364. The van der Waals surface area contributed by atoms with Crippen LogP contribution >= 0.6 is 40.3 Å². The second kappa shape index (κ2) is 5.27. The maximum atomic E-state index is 11.7. The van der Waals surface area contributed by atoms with Crippen LogP contribution in [0.1, 0.15) is 0 Å². The number of benzene rings is 1. The van der Waals surface area contributed by atoms with Crippen LogP contribution in [0, 0.1) is 5.41 Å². The average molecular weight is 384 g/mol. The number of halogens is 2. The third-order valence-electron chi connectivity index (χ3n) is 3.17. The molecule has 0 spiro atoms. The first-order valence-electron chi connectivity index (χ1n) is 5.47. The van der Waals surface area contributed by atoms with E-state index in [4.69, 9.17) is 17.0 Å². The molecule has 2 heterocycles. The number of nitrogens with one attached hydrogen (secondary N) is 1. The van der Waals surface area contributed by atoms with Crippen molar-refractivity contribution in [2.45, 2.75) is 11.3 Å². The van der Waals surface area contributed by atoms with Crippen molar-refractivity contribution < 1.29 is 8.42 Å². The maximum Gasteiger partial charge on any atom is 0.161 e. The summed E-state index contributed by atoms with van der Waals surface area (Å²) in [6.07, 6.45) is 0. The Kier molecular flexibility index (Phi) is 4.21. The Morgan fingerprint density at radius 1 is 1.37 bits per heavy atom. The number of nitrogens with zero attached hydrogens (tertiary/aromatic N) is 1. The van der Waals surface area contributed by atoms with Crippen molar-refractivity contribution in [3.63, 3.8) is 0 Å². The Balaban J connectivity index is 0.00000133. The molecular weight excluding hydrogens is 372 g/mol. The van der Waals surface area contributed by atoms with Crippen molar-refractivity contribution in [3.05, 3.63) is 29.3 Å². The molecule has 0 bridgehead atoms. The second-order valence-corrected chi connectivity index (χ2v) is 8.27. The highest BCUT2D eigenvalue weighted by Crippen LogP contribution is 2.40. The minimum absolute atomic E-state index is 0. The summed E-state index contributed by atoms with van der Waals surface area (Å²) in [5.74, 6) is 0.293. The molecule has 2 saturated heterocycles. The lowest BCUT2D eigenvalue weighted by Gasteiger charge is -2.23. The van der Waals surface area contributed by atoms with E-state index >= 15 is 0 Å². The quantitative estimate of drug-likeness (QED) is 0.809. The molecule has 2 aliphatic heterocycles. The summed E-state index contributed by atoms with van der Waals surface area (Å²) in [6.45, 7) is 0. The summed E-state index contributed by atoms with van der Waals surface area (Å²) in [5, 5.41) is 8.96. The number of rotatable bonds is 1. The lowest BCUT2D eigenvalue weighted by atomic mass is 10.2. The molecule has 1 aromatic rings. The minimum atomic E-state index is -2.97. The number of amidine groups is 1. The molecule has 2 unspecified atom stereocenters. The minimum Gasteiger partial charge on any atom is -0.316 e. The van der Waals surface area contributed by atoms with Crippen LogP contribution in [-0.2, 0) is 9.84 Å². The number of hydrogen-bond donors (Lipinski definition) is 1. The molecule has 0 aliphatic carbocycles. The topological polar surface area (TPSA) is 61.2 Å². The average Bonchev–Trinajstić information content (AvgIpc) is 2.68. The number of sulfone groups is 1. The number of thioether (sulfide) groups is 1. The van der Waals surface area contributed by atoms with E-state index in [1.54, 1.807) is 17.0 Å². The van der Waals surface area contributed by atoms with Gasteiger partial charge in [-0.05, 0) is 18.2 Å². The lowest BCUT2D eigenvalue weighted by molar-refractivity contribution is 0.601. The summed E-state index contributed by atoms with van der Waals surface area (Å²) >= 11 is 7.28. The standard InChI is InChI=1S/C11H11ClN2O2S2.BrH/c12-7-2-1-3-8(4-7)14-9-5-18(15,16)6-10(9)17-11(14)13;/h1-4,9-10,13H,5-6H2;1H. The highest BCUT2D eigenvalue weighted by Gasteiger charge is 2.48. The van der Waals surface area contributed by atoms with Crippen LogP contribution in [-0.4, -0.2) is 36.4 Å². The molecule has 0 radical (unpaired) electrons. The predicted octanol–water partition coefficient (Wildman–Crippen LogP) is 2.57. The van der Waals surface area contributed by atoms with Gasteiger partial charge in [-0.25, -0.2) is 8.42 Å². The summed E-state index contributed by atoms with van der Waals surface area (Å²) in [5.41, 5.74) is 0.796. The van der Waals surface area contributed by atoms with E-state index < -0.39 is 9.84 Å². The van der Waals surface area contributed by atoms with Gasteiger partial charge in [0.25, 0.3) is 0 Å². The normalized spacial score (nSPS) is 28.1. The second-order valence-electron chi connectivity index (χ2n) is 4.46. The largest absolute Gasteiger partial charge is 0.316 e. The van der Waals surface area contributed by atoms with Crippen molar-refractivity contribution in [2.24, 2.45) is 0 Å². The lowest BCUT2D eigenvalue weighted by Crippen LogP contribution is -2.37. The molecule has 104 valence electrons. The van der Waals surface area contributed by atoms with Crippen LogP contribution in [0.4, 0.5) is 5.69 Å². The van der Waals surface area contributed by atoms with Crippen molar-refractivity contribution in [1.82, 2.24) is 0 Å². The van der Waals surface area contributed by atoms with Gasteiger partial charge in [0.1, 0.15) is 0 Å². The Morgan fingerprint density at radius 2 is 2.11 bits per heavy atom. The third-order valence-corrected chi connectivity index (χ3v) is 6.54. The van der Waals surface area contributed by atoms with Gasteiger partial charge in [-0.3, -0.25) is 5.41 Å². The maximum absolute atomic E-state index is 11.7. The summed E-state index contributed by atoms with van der Waals surface area (Å²) < 4.78 is 23.3. The van der Waals surface area contributed by atoms with Crippen LogP contribution < -0.4 is 4.90 Å². The first-order valence-corrected chi connectivity index (χ1v) is 8.55. The van der Waals surface area contributed by atoms with Crippen LogP contribution in [0.25, 0.3) is 0 Å². The molecule has 4 nitrogen and oxygen atoms in total. The van der Waals surface area contributed by atoms with E-state index in [-0.39, 0.29) is 39.8 Å². The molecule has 0 aromatic heterocycles. The fourth-order valence-corrected chi connectivity index (χ4v) is 6.41. The number of fused-ring (bicyclic) bond motifs is 1. The van der Waals surface area contributed by atoms with Crippen LogP contribution in [0.3, 0.4) is 0 Å². The molecule has 0 amide bonds. The zero-order valence-electron chi connectivity index (χ0n) is 9.74. The zero-order valence-corrected chi connectivity index (χ0v) is 13.8. The molecule has 19 heavy (non-hydrogen) atoms. The van der Waals surface area contributed by atoms with Crippen molar-refractivity contribution in [1.29, 1.82) is 5.41 Å². The Morgan fingerprint density at radius 3 is 2.79 bits per heavy atom. The van der Waals surface area contributed by atoms with Crippen molar-refractivity contribution >= 4 is 61.0 Å². The molecule has 0 saturated carbocycles. The van der Waals surface area contributed by atoms with Gasteiger partial charge in [-0.1, -0.05) is 29.4 Å². The summed E-state index contributed by atoms with van der Waals surface area (Å²) in [6, 6.07) is 7.07. The molecule has 2 atom stereocenters. The molecule has 1 N–H and O–H groups in total. The van der Waals surface area contributed by atoms with Gasteiger partial charge in [-0.2, -0.15) is 0 Å². The SMILES string of the molecule is Br.N=C1SC2CS(=O)(=O)CC2N1c1cccc(Cl)c1. The summed E-state index contributed by atoms with van der Waals surface area (Å²) in [7, 11) is -2.97. The number of hydrogen-bond acceptors (Lipinski definition) is 4. The van der Waals surface area contributed by atoms with E-state index in [1.807, 2.05) is 12.1 Å². The Hall–Kier alpha value is -0.240. The van der Waals surface area contributed by atoms with E-state index in [2.05, 4.69) is 0 Å². The molecule has 2 fully saturated rings. The highest BCUT2D eigenvalue weighted by atomic mass is 79.9.